The zero-order valence-electron chi connectivity index (χ0n) is 11.0. The van der Waals surface area contributed by atoms with E-state index < -0.39 is 0 Å². The van der Waals surface area contributed by atoms with E-state index in [9.17, 15) is 9.59 Å². The topological polar surface area (TPSA) is 59.5 Å². The number of esters is 1. The van der Waals surface area contributed by atoms with Crippen LogP contribution in [0.1, 0.15) is 28.9 Å². The summed E-state index contributed by atoms with van der Waals surface area (Å²) < 4.78 is 4.54. The number of methoxy groups -OCH3 is 1. The van der Waals surface area contributed by atoms with Crippen molar-refractivity contribution in [3.63, 3.8) is 0 Å². The molecule has 98 valence electrons. The SMILES string of the molecule is COC(=O)CCCN(C)C(=O)c1cccnc1C. The summed E-state index contributed by atoms with van der Waals surface area (Å²) in [5.41, 5.74) is 1.31. The molecule has 5 nitrogen and oxygen atoms in total. The average molecular weight is 250 g/mol. The highest BCUT2D eigenvalue weighted by Crippen LogP contribution is 2.07. The molecule has 0 saturated carbocycles. The van der Waals surface area contributed by atoms with Crippen LogP contribution in [0.2, 0.25) is 0 Å². The van der Waals surface area contributed by atoms with Gasteiger partial charge in [-0.25, -0.2) is 0 Å². The van der Waals surface area contributed by atoms with Gasteiger partial charge in [0.25, 0.3) is 5.91 Å². The smallest absolute Gasteiger partial charge is 0.305 e. The number of hydrogen-bond donors (Lipinski definition) is 0. The fourth-order valence-electron chi connectivity index (χ4n) is 1.58. The van der Waals surface area contributed by atoms with Crippen molar-refractivity contribution in [2.24, 2.45) is 0 Å². The summed E-state index contributed by atoms with van der Waals surface area (Å²) in [6.45, 7) is 2.32. The fraction of sp³-hybridized carbons (Fsp3) is 0.462. The Morgan fingerprint density at radius 2 is 2.17 bits per heavy atom. The van der Waals surface area contributed by atoms with Crippen molar-refractivity contribution in [3.05, 3.63) is 29.6 Å². The predicted octanol–water partition coefficient (Wildman–Crippen LogP) is 1.42. The van der Waals surface area contributed by atoms with Gasteiger partial charge in [0, 0.05) is 31.9 Å². The fourth-order valence-corrected chi connectivity index (χ4v) is 1.58. The minimum Gasteiger partial charge on any atom is -0.469 e. The molecule has 0 aromatic carbocycles. The molecule has 1 heterocycles. The molecule has 0 aliphatic carbocycles. The van der Waals surface area contributed by atoms with Crippen molar-refractivity contribution in [1.29, 1.82) is 0 Å². The lowest BCUT2D eigenvalue weighted by atomic mass is 10.2. The molecular weight excluding hydrogens is 232 g/mol. The molecule has 0 spiro atoms. The van der Waals surface area contributed by atoms with Crippen LogP contribution in [0.15, 0.2) is 18.3 Å². The van der Waals surface area contributed by atoms with Crippen LogP contribution in [0.25, 0.3) is 0 Å². The van der Waals surface area contributed by atoms with Crippen LogP contribution >= 0.6 is 0 Å². The number of hydrogen-bond acceptors (Lipinski definition) is 4. The van der Waals surface area contributed by atoms with Gasteiger partial charge in [-0.2, -0.15) is 0 Å². The first-order valence-electron chi connectivity index (χ1n) is 5.80. The molecule has 1 rings (SSSR count). The number of carbonyl (C=O) groups is 2. The highest BCUT2D eigenvalue weighted by Gasteiger charge is 2.14. The molecule has 1 amide bonds. The number of ether oxygens (including phenoxy) is 1. The van der Waals surface area contributed by atoms with Crippen molar-refractivity contribution in [2.75, 3.05) is 20.7 Å². The van der Waals surface area contributed by atoms with Crippen molar-refractivity contribution in [3.8, 4) is 0 Å². The first kappa shape index (κ1) is 14.2. The Kier molecular flexibility index (Phi) is 5.30. The van der Waals surface area contributed by atoms with Gasteiger partial charge in [-0.05, 0) is 25.5 Å². The summed E-state index contributed by atoms with van der Waals surface area (Å²) in [5.74, 6) is -0.334. The van der Waals surface area contributed by atoms with E-state index >= 15 is 0 Å². The third kappa shape index (κ3) is 3.84. The third-order valence-electron chi connectivity index (χ3n) is 2.69. The Balaban J connectivity index is 2.52. The summed E-state index contributed by atoms with van der Waals surface area (Å²) in [7, 11) is 3.07. The molecule has 0 radical (unpaired) electrons. The summed E-state index contributed by atoms with van der Waals surface area (Å²) in [5, 5.41) is 0. The molecule has 1 aromatic rings. The molecular formula is C13H18N2O3. The van der Waals surface area contributed by atoms with E-state index in [1.165, 1.54) is 7.11 Å². The Morgan fingerprint density at radius 3 is 2.78 bits per heavy atom. The van der Waals surface area contributed by atoms with Crippen LogP contribution in [0.4, 0.5) is 0 Å². The van der Waals surface area contributed by atoms with E-state index in [0.29, 0.717) is 30.6 Å². The van der Waals surface area contributed by atoms with Crippen LogP contribution in [-0.4, -0.2) is 42.5 Å². The lowest BCUT2D eigenvalue weighted by Crippen LogP contribution is -2.28. The molecule has 0 bridgehead atoms. The normalized spacial score (nSPS) is 9.94. The average Bonchev–Trinajstić information content (AvgIpc) is 2.38. The van der Waals surface area contributed by atoms with Crippen molar-refractivity contribution >= 4 is 11.9 Å². The van der Waals surface area contributed by atoms with E-state index in [1.54, 1.807) is 37.2 Å². The first-order chi connectivity index (χ1) is 8.56. The Bertz CT molecular complexity index is 432. The maximum atomic E-state index is 12.1. The van der Waals surface area contributed by atoms with Gasteiger partial charge in [-0.1, -0.05) is 0 Å². The van der Waals surface area contributed by atoms with E-state index in [-0.39, 0.29) is 11.9 Å². The minimum absolute atomic E-state index is 0.0783. The number of pyridine rings is 1. The summed E-state index contributed by atoms with van der Waals surface area (Å²) in [4.78, 5) is 28.7. The van der Waals surface area contributed by atoms with Gasteiger partial charge in [-0.3, -0.25) is 14.6 Å². The van der Waals surface area contributed by atoms with Gasteiger partial charge < -0.3 is 9.64 Å². The van der Waals surface area contributed by atoms with Gasteiger partial charge in [0.2, 0.25) is 0 Å². The summed E-state index contributed by atoms with van der Waals surface area (Å²) in [6, 6.07) is 3.49. The standard InChI is InChI=1S/C13H18N2O3/c1-10-11(6-4-8-14-10)13(17)15(2)9-5-7-12(16)18-3/h4,6,8H,5,7,9H2,1-3H3. The second-order valence-corrected chi connectivity index (χ2v) is 4.04. The van der Waals surface area contributed by atoms with Crippen LogP contribution < -0.4 is 0 Å². The van der Waals surface area contributed by atoms with Gasteiger partial charge in [-0.15, -0.1) is 0 Å². The maximum absolute atomic E-state index is 12.1. The van der Waals surface area contributed by atoms with E-state index in [2.05, 4.69) is 9.72 Å². The van der Waals surface area contributed by atoms with Crippen LogP contribution in [-0.2, 0) is 9.53 Å². The van der Waals surface area contributed by atoms with Crippen LogP contribution in [0.5, 0.6) is 0 Å². The molecule has 0 atom stereocenters. The second-order valence-electron chi connectivity index (χ2n) is 4.04. The van der Waals surface area contributed by atoms with Crippen molar-refractivity contribution < 1.29 is 14.3 Å². The second kappa shape index (κ2) is 6.74. The molecule has 0 fully saturated rings. The first-order valence-corrected chi connectivity index (χ1v) is 5.80. The zero-order valence-corrected chi connectivity index (χ0v) is 11.0. The number of rotatable bonds is 5. The lowest BCUT2D eigenvalue weighted by Gasteiger charge is -2.17. The van der Waals surface area contributed by atoms with E-state index in [1.807, 2.05) is 0 Å². The number of aromatic nitrogens is 1. The van der Waals surface area contributed by atoms with Gasteiger partial charge in [0.15, 0.2) is 0 Å². The molecule has 0 saturated heterocycles. The number of amides is 1. The highest BCUT2D eigenvalue weighted by molar-refractivity contribution is 5.95. The quantitative estimate of drug-likeness (QED) is 0.741. The summed E-state index contributed by atoms with van der Waals surface area (Å²) >= 11 is 0. The molecule has 1 aromatic heterocycles. The Morgan fingerprint density at radius 1 is 1.44 bits per heavy atom. The van der Waals surface area contributed by atoms with E-state index in [0.717, 1.165) is 0 Å². The van der Waals surface area contributed by atoms with Gasteiger partial charge in [0.05, 0.1) is 12.7 Å². The van der Waals surface area contributed by atoms with Gasteiger partial charge >= 0.3 is 5.97 Å². The molecule has 0 aliphatic heterocycles. The Labute approximate surface area is 107 Å². The number of nitrogens with zero attached hydrogens (tertiary/aromatic N) is 2. The molecule has 18 heavy (non-hydrogen) atoms. The third-order valence-corrected chi connectivity index (χ3v) is 2.69. The molecule has 5 heteroatoms. The van der Waals surface area contributed by atoms with Crippen molar-refractivity contribution in [1.82, 2.24) is 9.88 Å². The zero-order chi connectivity index (χ0) is 13.5. The minimum atomic E-state index is -0.256. The molecule has 0 N–H and O–H groups in total. The number of carbonyl (C=O) groups excluding carboxylic acids is 2. The summed E-state index contributed by atoms with van der Waals surface area (Å²) in [6.07, 6.45) is 2.57. The van der Waals surface area contributed by atoms with Gasteiger partial charge in [0.1, 0.15) is 0 Å². The largest absolute Gasteiger partial charge is 0.469 e. The Hall–Kier alpha value is -1.91. The lowest BCUT2D eigenvalue weighted by molar-refractivity contribution is -0.140. The van der Waals surface area contributed by atoms with Crippen LogP contribution in [0, 0.1) is 6.92 Å². The predicted molar refractivity (Wildman–Crippen MR) is 67.2 cm³/mol. The maximum Gasteiger partial charge on any atom is 0.305 e. The molecule has 0 unspecified atom stereocenters. The monoisotopic (exact) mass is 250 g/mol. The van der Waals surface area contributed by atoms with Crippen molar-refractivity contribution in [2.45, 2.75) is 19.8 Å². The molecule has 0 aliphatic rings. The highest BCUT2D eigenvalue weighted by atomic mass is 16.5. The number of aryl methyl sites for hydroxylation is 1. The van der Waals surface area contributed by atoms with E-state index in [4.69, 9.17) is 0 Å². The van der Waals surface area contributed by atoms with Crippen LogP contribution in [0.3, 0.4) is 0 Å².